The highest BCUT2D eigenvalue weighted by molar-refractivity contribution is 7.13. The van der Waals surface area contributed by atoms with Crippen molar-refractivity contribution in [2.45, 2.75) is 13.5 Å². The fourth-order valence-corrected chi connectivity index (χ4v) is 2.48. The summed E-state index contributed by atoms with van der Waals surface area (Å²) in [6.07, 6.45) is 0. The molecule has 2 aromatic rings. The third-order valence-electron chi connectivity index (χ3n) is 2.51. The monoisotopic (exact) mass is 263 g/mol. The standard InChI is InChI=1S/C13H14N2O2S/c1-2-17-12(16)8-15-11(9-18-13(15)14)10-6-4-3-5-7-10/h3-7,9,14H,2,8H2,1H3/p+1. The fourth-order valence-electron chi connectivity index (χ4n) is 1.69. The predicted octanol–water partition coefficient (Wildman–Crippen LogP) is 1.85. The van der Waals surface area contributed by atoms with Gasteiger partial charge < -0.3 is 4.74 Å². The molecule has 4 nitrogen and oxygen atoms in total. The lowest BCUT2D eigenvalue weighted by Gasteiger charge is -2.03. The van der Waals surface area contributed by atoms with Crippen LogP contribution in [0, 0.1) is 0 Å². The van der Waals surface area contributed by atoms with Crippen LogP contribution in [0.1, 0.15) is 6.92 Å². The molecule has 0 saturated heterocycles. The number of hydrogen-bond acceptors (Lipinski definition) is 4. The molecule has 94 valence electrons. The summed E-state index contributed by atoms with van der Waals surface area (Å²) in [6.45, 7) is 2.31. The normalized spacial score (nSPS) is 10.3. The van der Waals surface area contributed by atoms with Gasteiger partial charge in [-0.1, -0.05) is 41.7 Å². The number of nitrogens with two attached hydrogens (primary N) is 1. The first-order chi connectivity index (χ1) is 8.72. The Hall–Kier alpha value is -1.88. The number of rotatable bonds is 4. The van der Waals surface area contributed by atoms with Gasteiger partial charge in [-0.2, -0.15) is 0 Å². The Morgan fingerprint density at radius 2 is 2.11 bits per heavy atom. The van der Waals surface area contributed by atoms with Gasteiger partial charge in [0.1, 0.15) is 5.69 Å². The van der Waals surface area contributed by atoms with Gasteiger partial charge in [0.25, 0.3) is 0 Å². The largest absolute Gasteiger partial charge is 0.463 e. The molecule has 0 radical (unpaired) electrons. The van der Waals surface area contributed by atoms with Gasteiger partial charge in [0.15, 0.2) is 6.54 Å². The molecule has 0 amide bonds. The summed E-state index contributed by atoms with van der Waals surface area (Å²) in [6, 6.07) is 9.84. The first-order valence-electron chi connectivity index (χ1n) is 5.70. The van der Waals surface area contributed by atoms with Crippen LogP contribution in [0.4, 0.5) is 5.13 Å². The van der Waals surface area contributed by atoms with E-state index >= 15 is 0 Å². The van der Waals surface area contributed by atoms with Crippen molar-refractivity contribution in [1.29, 1.82) is 0 Å². The van der Waals surface area contributed by atoms with Gasteiger partial charge in [0.2, 0.25) is 0 Å². The SMILES string of the molecule is CCOC(=O)C[n+]1c(-c2ccccc2)csc1N. The fraction of sp³-hybridized carbons (Fsp3) is 0.231. The molecule has 0 saturated carbocycles. The molecular formula is C13H15N2O2S+. The molecule has 1 heterocycles. The molecule has 0 bridgehead atoms. The van der Waals surface area contributed by atoms with Crippen molar-refractivity contribution in [3.05, 3.63) is 35.7 Å². The molecule has 2 rings (SSSR count). The molecule has 0 atom stereocenters. The van der Waals surface area contributed by atoms with E-state index in [4.69, 9.17) is 10.5 Å². The predicted molar refractivity (Wildman–Crippen MR) is 71.0 cm³/mol. The first-order valence-corrected chi connectivity index (χ1v) is 6.58. The molecule has 18 heavy (non-hydrogen) atoms. The number of aromatic nitrogens is 1. The summed E-state index contributed by atoms with van der Waals surface area (Å²) < 4.78 is 6.73. The van der Waals surface area contributed by atoms with Crippen LogP contribution in [0.3, 0.4) is 0 Å². The molecule has 1 aromatic heterocycles. The average Bonchev–Trinajstić information content (AvgIpc) is 2.73. The van der Waals surface area contributed by atoms with Crippen molar-refractivity contribution < 1.29 is 14.1 Å². The van der Waals surface area contributed by atoms with E-state index in [2.05, 4.69) is 0 Å². The minimum absolute atomic E-state index is 0.146. The lowest BCUT2D eigenvalue weighted by molar-refractivity contribution is -0.656. The highest BCUT2D eigenvalue weighted by Crippen LogP contribution is 2.20. The van der Waals surface area contributed by atoms with E-state index in [1.54, 1.807) is 11.5 Å². The first kappa shape index (κ1) is 12.6. The summed E-state index contributed by atoms with van der Waals surface area (Å²) in [4.78, 5) is 11.6. The van der Waals surface area contributed by atoms with E-state index < -0.39 is 0 Å². The number of nitrogens with zero attached hydrogens (tertiary/aromatic N) is 1. The van der Waals surface area contributed by atoms with Crippen molar-refractivity contribution in [2.75, 3.05) is 12.3 Å². The zero-order valence-corrected chi connectivity index (χ0v) is 10.9. The van der Waals surface area contributed by atoms with Crippen LogP contribution >= 0.6 is 11.3 Å². The van der Waals surface area contributed by atoms with Gasteiger partial charge in [-0.3, -0.25) is 5.73 Å². The minimum Gasteiger partial charge on any atom is -0.463 e. The van der Waals surface area contributed by atoms with Gasteiger partial charge in [0, 0.05) is 10.9 Å². The van der Waals surface area contributed by atoms with Gasteiger partial charge in [-0.25, -0.2) is 9.36 Å². The minimum atomic E-state index is -0.273. The third kappa shape index (κ3) is 2.68. The van der Waals surface area contributed by atoms with Crippen molar-refractivity contribution in [3.63, 3.8) is 0 Å². The van der Waals surface area contributed by atoms with Crippen molar-refractivity contribution in [1.82, 2.24) is 0 Å². The molecule has 1 aromatic carbocycles. The molecule has 0 aliphatic carbocycles. The Balaban J connectivity index is 2.30. The van der Waals surface area contributed by atoms with Crippen molar-refractivity contribution in [3.8, 4) is 11.3 Å². The number of carbonyl (C=O) groups excluding carboxylic acids is 1. The molecule has 0 fully saturated rings. The number of ether oxygens (including phenoxy) is 1. The van der Waals surface area contributed by atoms with Crippen LogP contribution in [-0.4, -0.2) is 12.6 Å². The molecule has 0 aliphatic heterocycles. The van der Waals surface area contributed by atoms with E-state index in [0.29, 0.717) is 11.7 Å². The molecular weight excluding hydrogens is 248 g/mol. The van der Waals surface area contributed by atoms with Crippen molar-refractivity contribution in [2.24, 2.45) is 0 Å². The topological polar surface area (TPSA) is 56.2 Å². The van der Waals surface area contributed by atoms with Gasteiger partial charge >= 0.3 is 11.1 Å². The molecule has 0 aliphatic rings. The third-order valence-corrected chi connectivity index (χ3v) is 3.31. The van der Waals surface area contributed by atoms with Gasteiger partial charge in [0.05, 0.1) is 6.61 Å². The summed E-state index contributed by atoms with van der Waals surface area (Å²) in [5.41, 5.74) is 7.87. The molecule has 0 unspecified atom stereocenters. The van der Waals surface area contributed by atoms with Crippen LogP contribution in [0.2, 0.25) is 0 Å². The zero-order valence-electron chi connectivity index (χ0n) is 10.1. The number of anilines is 1. The molecule has 2 N–H and O–H groups in total. The van der Waals surface area contributed by atoms with Gasteiger partial charge in [-0.15, -0.1) is 0 Å². The van der Waals surface area contributed by atoms with Crippen LogP contribution < -0.4 is 10.3 Å². The highest BCUT2D eigenvalue weighted by Gasteiger charge is 2.19. The van der Waals surface area contributed by atoms with Crippen molar-refractivity contribution >= 4 is 22.4 Å². The summed E-state index contributed by atoms with van der Waals surface area (Å²) in [7, 11) is 0. The average molecular weight is 263 g/mol. The smallest absolute Gasteiger partial charge is 0.348 e. The Kier molecular flexibility index (Phi) is 3.94. The summed E-state index contributed by atoms with van der Waals surface area (Å²) in [5.74, 6) is -0.273. The van der Waals surface area contributed by atoms with E-state index in [0.717, 1.165) is 11.3 Å². The number of thiazole rings is 1. The maximum atomic E-state index is 11.6. The summed E-state index contributed by atoms with van der Waals surface area (Å²) in [5, 5.41) is 2.55. The molecule has 0 spiro atoms. The van der Waals surface area contributed by atoms with E-state index in [1.807, 2.05) is 35.7 Å². The number of hydrogen-bond donors (Lipinski definition) is 1. The van der Waals surface area contributed by atoms with Crippen LogP contribution in [0.15, 0.2) is 35.7 Å². The second-order valence-corrected chi connectivity index (χ2v) is 4.61. The quantitative estimate of drug-likeness (QED) is 0.676. The Bertz CT molecular complexity index is 537. The Labute approximate surface area is 110 Å². The maximum absolute atomic E-state index is 11.6. The summed E-state index contributed by atoms with van der Waals surface area (Å²) >= 11 is 1.42. The maximum Gasteiger partial charge on any atom is 0.348 e. The molecule has 5 heteroatoms. The lowest BCUT2D eigenvalue weighted by Crippen LogP contribution is -2.41. The van der Waals surface area contributed by atoms with Gasteiger partial charge in [-0.05, 0) is 6.92 Å². The van der Waals surface area contributed by atoms with E-state index in [-0.39, 0.29) is 12.5 Å². The van der Waals surface area contributed by atoms with E-state index in [1.165, 1.54) is 11.3 Å². The van der Waals surface area contributed by atoms with Crippen LogP contribution in [-0.2, 0) is 16.1 Å². The number of benzene rings is 1. The second kappa shape index (κ2) is 5.64. The zero-order chi connectivity index (χ0) is 13.0. The number of nitrogen functional groups attached to an aromatic ring is 1. The van der Waals surface area contributed by atoms with Crippen LogP contribution in [0.5, 0.6) is 0 Å². The second-order valence-electron chi connectivity index (χ2n) is 3.72. The Morgan fingerprint density at radius 3 is 2.78 bits per heavy atom. The number of esters is 1. The highest BCUT2D eigenvalue weighted by atomic mass is 32.1. The Morgan fingerprint density at radius 1 is 1.39 bits per heavy atom. The lowest BCUT2D eigenvalue weighted by atomic mass is 10.2. The van der Waals surface area contributed by atoms with Crippen LogP contribution in [0.25, 0.3) is 11.3 Å². The van der Waals surface area contributed by atoms with E-state index in [9.17, 15) is 4.79 Å². The number of carbonyl (C=O) groups is 1.